The van der Waals surface area contributed by atoms with Crippen LogP contribution in [0.25, 0.3) is 0 Å². The summed E-state index contributed by atoms with van der Waals surface area (Å²) in [6, 6.07) is 0. The molecule has 0 bridgehead atoms. The molecule has 0 radical (unpaired) electrons. The molecule has 4 nitrogen and oxygen atoms in total. The Balaban J connectivity index is 0. The van der Waals surface area contributed by atoms with Crippen molar-refractivity contribution < 1.29 is 68.7 Å². The Labute approximate surface area is 158 Å². The van der Waals surface area contributed by atoms with Gasteiger partial charge in [-0.1, -0.05) is 27.2 Å². The van der Waals surface area contributed by atoms with E-state index in [1.54, 1.807) is 0 Å². The molecule has 90 valence electrons. The number of nitrogens with one attached hydrogen (secondary N) is 1. The second-order valence-corrected chi connectivity index (χ2v) is 4.58. The standard InChI is InChI=1S/C11H18N2O2S.2Na/c1-4-6-7(3)11(5-2)8(14)12-10(16)13-9(11)15;;/h7H,4-6H2,1-3H3,(H2,12,13,14,15,16);;/q;2*+1/p-1. The van der Waals surface area contributed by atoms with Gasteiger partial charge < -0.3 is 17.9 Å². The van der Waals surface area contributed by atoms with Crippen LogP contribution in [0.2, 0.25) is 0 Å². The molecule has 1 N–H and O–H groups in total. The third kappa shape index (κ3) is 4.01. The predicted molar refractivity (Wildman–Crippen MR) is 64.7 cm³/mol. The maximum Gasteiger partial charge on any atom is 1.00 e. The number of aliphatic imine (C=N–C) groups is 1. The minimum Gasteiger partial charge on any atom is -0.742 e. The Morgan fingerprint density at radius 1 is 1.33 bits per heavy atom. The summed E-state index contributed by atoms with van der Waals surface area (Å²) in [4.78, 5) is 27.7. The molecule has 0 spiro atoms. The fraction of sp³-hybridized carbons (Fsp3) is 0.727. The van der Waals surface area contributed by atoms with E-state index in [4.69, 9.17) is 12.6 Å². The minimum absolute atomic E-state index is 0. The van der Waals surface area contributed by atoms with E-state index in [2.05, 4.69) is 10.3 Å². The van der Waals surface area contributed by atoms with E-state index in [0.29, 0.717) is 6.42 Å². The molecule has 0 aromatic rings. The van der Waals surface area contributed by atoms with Gasteiger partial charge in [0.15, 0.2) is 0 Å². The maximum absolute atomic E-state index is 12.0. The number of carbonyl (C=O) groups excluding carboxylic acids is 2. The molecule has 7 heteroatoms. The number of amides is 2. The number of hydrogen-bond donors (Lipinski definition) is 1. The first-order valence-electron chi connectivity index (χ1n) is 5.60. The molecule has 0 aliphatic carbocycles. The van der Waals surface area contributed by atoms with Gasteiger partial charge >= 0.3 is 59.1 Å². The summed E-state index contributed by atoms with van der Waals surface area (Å²) in [5.74, 6) is -0.687. The second kappa shape index (κ2) is 9.06. The molecule has 1 aliphatic heterocycles. The molecule has 0 fully saturated rings. The van der Waals surface area contributed by atoms with Gasteiger partial charge in [-0.3, -0.25) is 9.59 Å². The topological polar surface area (TPSA) is 58.5 Å². The summed E-state index contributed by atoms with van der Waals surface area (Å²) in [6.07, 6.45) is 2.23. The van der Waals surface area contributed by atoms with Crippen molar-refractivity contribution in [3.8, 4) is 0 Å². The van der Waals surface area contributed by atoms with Crippen molar-refractivity contribution in [2.24, 2.45) is 16.3 Å². The van der Waals surface area contributed by atoms with Gasteiger partial charge in [0.25, 0.3) is 5.91 Å². The molecular formula is C11H17N2Na2O2S+. The van der Waals surface area contributed by atoms with E-state index >= 15 is 0 Å². The van der Waals surface area contributed by atoms with Gasteiger partial charge in [-0.25, -0.2) is 4.99 Å². The van der Waals surface area contributed by atoms with Crippen LogP contribution in [0, 0.1) is 11.3 Å². The normalized spacial score (nSPS) is 24.3. The number of hydrogen-bond acceptors (Lipinski definition) is 3. The van der Waals surface area contributed by atoms with Crippen molar-refractivity contribution in [1.29, 1.82) is 0 Å². The van der Waals surface area contributed by atoms with E-state index in [0.717, 1.165) is 12.8 Å². The first kappa shape index (κ1) is 21.3. The third-order valence-corrected chi connectivity index (χ3v) is 3.52. The van der Waals surface area contributed by atoms with Crippen LogP contribution in [0.5, 0.6) is 0 Å². The SMILES string of the molecule is CCCC(C)C1(CC)C(=O)N=C([S-])NC1=O.[Na+].[Na+]. The molecule has 18 heavy (non-hydrogen) atoms. The minimum atomic E-state index is -1.02. The van der Waals surface area contributed by atoms with Crippen molar-refractivity contribution in [3.63, 3.8) is 0 Å². The van der Waals surface area contributed by atoms with E-state index in [-0.39, 0.29) is 82.0 Å². The Morgan fingerprint density at radius 2 is 1.89 bits per heavy atom. The Morgan fingerprint density at radius 3 is 2.28 bits per heavy atom. The Kier molecular flexibility index (Phi) is 10.7. The zero-order valence-corrected chi connectivity index (χ0v) is 16.7. The number of rotatable bonds is 4. The van der Waals surface area contributed by atoms with E-state index in [9.17, 15) is 9.59 Å². The molecule has 0 aromatic heterocycles. The zero-order chi connectivity index (χ0) is 12.3. The monoisotopic (exact) mass is 287 g/mol. The van der Waals surface area contributed by atoms with Gasteiger partial charge in [0.2, 0.25) is 5.91 Å². The summed E-state index contributed by atoms with van der Waals surface area (Å²) in [5, 5.41) is 2.48. The largest absolute Gasteiger partial charge is 1.00 e. The first-order chi connectivity index (χ1) is 7.48. The number of nitrogens with zero attached hydrogens (tertiary/aromatic N) is 1. The van der Waals surface area contributed by atoms with Gasteiger partial charge in [0, 0.05) is 0 Å². The van der Waals surface area contributed by atoms with Gasteiger partial charge in [0.05, 0.1) is 0 Å². The van der Waals surface area contributed by atoms with Crippen LogP contribution in [-0.4, -0.2) is 17.0 Å². The molecule has 1 heterocycles. The van der Waals surface area contributed by atoms with Crippen molar-refractivity contribution in [2.75, 3.05) is 0 Å². The molecule has 0 aromatic carbocycles. The van der Waals surface area contributed by atoms with Gasteiger partial charge in [0.1, 0.15) is 5.41 Å². The van der Waals surface area contributed by atoms with Crippen molar-refractivity contribution in [3.05, 3.63) is 0 Å². The Hall–Kier alpha value is 1.03. The molecule has 1 rings (SSSR count). The van der Waals surface area contributed by atoms with Gasteiger partial charge in [-0.2, -0.15) is 0 Å². The predicted octanol–water partition coefficient (Wildman–Crippen LogP) is -4.61. The zero-order valence-electron chi connectivity index (χ0n) is 11.9. The van der Waals surface area contributed by atoms with Crippen LogP contribution < -0.4 is 64.4 Å². The quantitative estimate of drug-likeness (QED) is 0.322. The van der Waals surface area contributed by atoms with Crippen LogP contribution in [0.1, 0.15) is 40.0 Å². The van der Waals surface area contributed by atoms with Crippen LogP contribution in [0.3, 0.4) is 0 Å². The molecule has 1 aliphatic rings. The maximum atomic E-state index is 12.0. The summed E-state index contributed by atoms with van der Waals surface area (Å²) in [5.41, 5.74) is -1.02. The smallest absolute Gasteiger partial charge is 0.742 e. The molecule has 2 atom stereocenters. The first-order valence-corrected chi connectivity index (χ1v) is 6.01. The summed E-state index contributed by atoms with van der Waals surface area (Å²) in [6.45, 7) is 5.80. The average Bonchev–Trinajstić information content (AvgIpc) is 2.18. The molecule has 0 saturated carbocycles. The van der Waals surface area contributed by atoms with E-state index in [1.807, 2.05) is 20.8 Å². The van der Waals surface area contributed by atoms with Crippen molar-refractivity contribution in [2.45, 2.75) is 40.0 Å². The summed E-state index contributed by atoms with van der Waals surface area (Å²) < 4.78 is 0. The Bertz CT molecular complexity index is 350. The van der Waals surface area contributed by atoms with Gasteiger partial charge in [-0.05, 0) is 23.9 Å². The second-order valence-electron chi connectivity index (χ2n) is 4.19. The van der Waals surface area contributed by atoms with Crippen LogP contribution in [0.4, 0.5) is 0 Å². The third-order valence-electron chi connectivity index (χ3n) is 3.33. The molecule has 0 saturated heterocycles. The summed E-state index contributed by atoms with van der Waals surface area (Å²) >= 11 is 4.74. The van der Waals surface area contributed by atoms with Crippen molar-refractivity contribution >= 4 is 29.6 Å². The molecular weight excluding hydrogens is 270 g/mol. The van der Waals surface area contributed by atoms with Crippen LogP contribution in [-0.2, 0) is 22.2 Å². The fourth-order valence-corrected chi connectivity index (χ4v) is 2.48. The fourth-order valence-electron chi connectivity index (χ4n) is 2.30. The molecule has 2 amide bonds. The molecule has 2 unspecified atom stereocenters. The average molecular weight is 287 g/mol. The van der Waals surface area contributed by atoms with Crippen LogP contribution >= 0.6 is 0 Å². The number of amidine groups is 1. The van der Waals surface area contributed by atoms with E-state index < -0.39 is 5.41 Å². The van der Waals surface area contributed by atoms with Crippen LogP contribution in [0.15, 0.2) is 4.99 Å². The summed E-state index contributed by atoms with van der Waals surface area (Å²) in [7, 11) is 0. The van der Waals surface area contributed by atoms with Crippen molar-refractivity contribution in [1.82, 2.24) is 5.32 Å². The van der Waals surface area contributed by atoms with Gasteiger partial charge in [-0.15, -0.1) is 0 Å². The van der Waals surface area contributed by atoms with E-state index in [1.165, 1.54) is 0 Å². The number of carbonyl (C=O) groups is 2.